The van der Waals surface area contributed by atoms with E-state index in [4.69, 9.17) is 0 Å². The smallest absolute Gasteiger partial charge is 0.310 e. The van der Waals surface area contributed by atoms with Crippen LogP contribution in [-0.4, -0.2) is 35.1 Å². The van der Waals surface area contributed by atoms with Crippen molar-refractivity contribution in [2.45, 2.75) is 45.6 Å². The van der Waals surface area contributed by atoms with Crippen LogP contribution in [0.3, 0.4) is 0 Å². The van der Waals surface area contributed by atoms with Gasteiger partial charge in [-0.15, -0.1) is 6.58 Å². The Labute approximate surface area is 98.1 Å². The summed E-state index contributed by atoms with van der Waals surface area (Å²) >= 11 is 0. The fourth-order valence-corrected chi connectivity index (χ4v) is 2.63. The van der Waals surface area contributed by atoms with Gasteiger partial charge < -0.3 is 5.11 Å². The average molecular weight is 225 g/mol. The third-order valence-corrected chi connectivity index (χ3v) is 3.71. The summed E-state index contributed by atoms with van der Waals surface area (Å²) in [6.07, 6.45) is 5.40. The van der Waals surface area contributed by atoms with Crippen LogP contribution >= 0.6 is 0 Å². The first kappa shape index (κ1) is 13.2. The summed E-state index contributed by atoms with van der Waals surface area (Å²) in [6, 6.07) is 0.274. The Morgan fingerprint density at radius 3 is 2.88 bits per heavy atom. The summed E-state index contributed by atoms with van der Waals surface area (Å²) < 4.78 is 0. The maximum atomic E-state index is 11.5. The van der Waals surface area contributed by atoms with Crippen molar-refractivity contribution < 1.29 is 9.90 Å². The molecule has 1 saturated heterocycles. The fraction of sp³-hybridized carbons (Fsp3) is 0.769. The molecule has 1 heterocycles. The lowest BCUT2D eigenvalue weighted by molar-refractivity contribution is -0.153. The van der Waals surface area contributed by atoms with E-state index in [9.17, 15) is 9.90 Å². The van der Waals surface area contributed by atoms with E-state index in [0.717, 1.165) is 32.2 Å². The molecule has 1 rings (SSSR count). The van der Waals surface area contributed by atoms with Crippen molar-refractivity contribution in [3.63, 3.8) is 0 Å². The molecule has 0 radical (unpaired) electrons. The minimum Gasteiger partial charge on any atom is -0.481 e. The maximum absolute atomic E-state index is 11.5. The maximum Gasteiger partial charge on any atom is 0.310 e. The van der Waals surface area contributed by atoms with Crippen molar-refractivity contribution in [2.24, 2.45) is 5.41 Å². The van der Waals surface area contributed by atoms with Gasteiger partial charge in [-0.1, -0.05) is 19.4 Å². The number of aliphatic carboxylic acids is 1. The minimum absolute atomic E-state index is 0.274. The molecule has 0 aromatic carbocycles. The highest BCUT2D eigenvalue weighted by molar-refractivity contribution is 5.75. The van der Waals surface area contributed by atoms with E-state index >= 15 is 0 Å². The SMILES string of the molecule is C=CC(C)N1CCCC(CCC)(C(=O)O)C1. The van der Waals surface area contributed by atoms with Gasteiger partial charge in [-0.25, -0.2) is 0 Å². The van der Waals surface area contributed by atoms with Crippen molar-refractivity contribution in [3.8, 4) is 0 Å². The molecule has 0 bridgehead atoms. The second-order valence-corrected chi connectivity index (χ2v) is 4.89. The Morgan fingerprint density at radius 2 is 2.38 bits per heavy atom. The lowest BCUT2D eigenvalue weighted by atomic mass is 9.76. The van der Waals surface area contributed by atoms with Gasteiger partial charge in [0, 0.05) is 12.6 Å². The molecule has 0 aromatic heterocycles. The predicted octanol–water partition coefficient (Wildman–Crippen LogP) is 2.53. The van der Waals surface area contributed by atoms with E-state index in [2.05, 4.69) is 25.3 Å². The normalized spacial score (nSPS) is 28.6. The molecule has 3 nitrogen and oxygen atoms in total. The van der Waals surface area contributed by atoms with Gasteiger partial charge in [0.1, 0.15) is 0 Å². The number of piperidine rings is 1. The number of carboxylic acids is 1. The summed E-state index contributed by atoms with van der Waals surface area (Å²) in [5, 5.41) is 9.44. The number of hydrogen-bond donors (Lipinski definition) is 1. The third kappa shape index (κ3) is 2.64. The van der Waals surface area contributed by atoms with Crippen molar-refractivity contribution in [1.29, 1.82) is 0 Å². The van der Waals surface area contributed by atoms with Crippen LogP contribution in [0.25, 0.3) is 0 Å². The number of likely N-dealkylation sites (tertiary alicyclic amines) is 1. The standard InChI is InChI=1S/C13H23NO2/c1-4-7-13(12(15)16)8-6-9-14(10-13)11(3)5-2/h5,11H,2,4,6-10H2,1,3H3,(H,15,16). The van der Waals surface area contributed by atoms with Crippen molar-refractivity contribution in [1.82, 2.24) is 4.90 Å². The van der Waals surface area contributed by atoms with Crippen molar-refractivity contribution in [2.75, 3.05) is 13.1 Å². The Kier molecular flexibility index (Phi) is 4.54. The Hall–Kier alpha value is -0.830. The van der Waals surface area contributed by atoms with Gasteiger partial charge in [-0.3, -0.25) is 9.69 Å². The third-order valence-electron chi connectivity index (χ3n) is 3.71. The summed E-state index contributed by atoms with van der Waals surface area (Å²) in [6.45, 7) is 9.58. The van der Waals surface area contributed by atoms with E-state index < -0.39 is 11.4 Å². The zero-order chi connectivity index (χ0) is 12.2. The number of hydrogen-bond acceptors (Lipinski definition) is 2. The first-order valence-electron chi connectivity index (χ1n) is 6.16. The highest BCUT2D eigenvalue weighted by atomic mass is 16.4. The molecule has 16 heavy (non-hydrogen) atoms. The monoisotopic (exact) mass is 225 g/mol. The van der Waals surface area contributed by atoms with Gasteiger partial charge >= 0.3 is 5.97 Å². The van der Waals surface area contributed by atoms with Crippen molar-refractivity contribution in [3.05, 3.63) is 12.7 Å². The average Bonchev–Trinajstić information content (AvgIpc) is 2.28. The quantitative estimate of drug-likeness (QED) is 0.731. The van der Waals surface area contributed by atoms with Crippen LogP contribution < -0.4 is 0 Å². The first-order valence-corrected chi connectivity index (χ1v) is 6.16. The molecule has 1 aliphatic rings. The molecule has 0 amide bonds. The van der Waals surface area contributed by atoms with Gasteiger partial charge in [-0.05, 0) is 32.7 Å². The lowest BCUT2D eigenvalue weighted by Crippen LogP contribution is -2.50. The van der Waals surface area contributed by atoms with E-state index in [1.807, 2.05) is 6.08 Å². The van der Waals surface area contributed by atoms with E-state index in [1.165, 1.54) is 0 Å². The molecule has 92 valence electrons. The Morgan fingerprint density at radius 1 is 1.69 bits per heavy atom. The van der Waals surface area contributed by atoms with Crippen LogP contribution in [-0.2, 0) is 4.79 Å². The minimum atomic E-state index is -0.629. The van der Waals surface area contributed by atoms with Crippen LogP contribution in [0.4, 0.5) is 0 Å². The molecule has 0 aliphatic carbocycles. The molecule has 1 aliphatic heterocycles. The molecule has 1 fully saturated rings. The molecule has 2 unspecified atom stereocenters. The second kappa shape index (κ2) is 5.48. The molecule has 2 atom stereocenters. The van der Waals surface area contributed by atoms with Gasteiger partial charge in [0.15, 0.2) is 0 Å². The summed E-state index contributed by atoms with van der Waals surface area (Å²) in [4.78, 5) is 13.7. The van der Waals surface area contributed by atoms with Gasteiger partial charge in [0.2, 0.25) is 0 Å². The topological polar surface area (TPSA) is 40.5 Å². The first-order chi connectivity index (χ1) is 7.55. The molecular weight excluding hydrogens is 202 g/mol. The second-order valence-electron chi connectivity index (χ2n) is 4.89. The zero-order valence-corrected chi connectivity index (χ0v) is 10.4. The number of carboxylic acid groups (broad SMARTS) is 1. The lowest BCUT2D eigenvalue weighted by Gasteiger charge is -2.42. The van der Waals surface area contributed by atoms with Gasteiger partial charge in [0.05, 0.1) is 5.41 Å². The van der Waals surface area contributed by atoms with Crippen LogP contribution in [0.2, 0.25) is 0 Å². The summed E-state index contributed by atoms with van der Waals surface area (Å²) in [5.74, 6) is -0.629. The Bertz CT molecular complexity index is 261. The van der Waals surface area contributed by atoms with Crippen LogP contribution in [0.5, 0.6) is 0 Å². The predicted molar refractivity (Wildman–Crippen MR) is 65.4 cm³/mol. The summed E-state index contributed by atoms with van der Waals surface area (Å²) in [5.41, 5.74) is -0.524. The molecule has 0 saturated carbocycles. The molecule has 3 heteroatoms. The summed E-state index contributed by atoms with van der Waals surface area (Å²) in [7, 11) is 0. The molecular formula is C13H23NO2. The largest absolute Gasteiger partial charge is 0.481 e. The van der Waals surface area contributed by atoms with Gasteiger partial charge in [0.25, 0.3) is 0 Å². The molecule has 0 aromatic rings. The van der Waals surface area contributed by atoms with Crippen LogP contribution in [0.15, 0.2) is 12.7 Å². The highest BCUT2D eigenvalue weighted by Crippen LogP contribution is 2.35. The number of carbonyl (C=O) groups is 1. The van der Waals surface area contributed by atoms with Crippen LogP contribution in [0.1, 0.15) is 39.5 Å². The zero-order valence-electron chi connectivity index (χ0n) is 10.4. The molecule has 1 N–H and O–H groups in total. The fourth-order valence-electron chi connectivity index (χ4n) is 2.63. The van der Waals surface area contributed by atoms with E-state index in [-0.39, 0.29) is 6.04 Å². The van der Waals surface area contributed by atoms with E-state index in [1.54, 1.807) is 0 Å². The van der Waals surface area contributed by atoms with Crippen LogP contribution in [0, 0.1) is 5.41 Å². The van der Waals surface area contributed by atoms with E-state index in [0.29, 0.717) is 6.54 Å². The Balaban J connectivity index is 2.78. The number of rotatable bonds is 5. The van der Waals surface area contributed by atoms with Crippen molar-refractivity contribution >= 4 is 5.97 Å². The highest BCUT2D eigenvalue weighted by Gasteiger charge is 2.42. The number of nitrogens with zero attached hydrogens (tertiary/aromatic N) is 1. The van der Waals surface area contributed by atoms with Gasteiger partial charge in [-0.2, -0.15) is 0 Å². The molecule has 0 spiro atoms.